The predicted octanol–water partition coefficient (Wildman–Crippen LogP) is 2.22. The quantitative estimate of drug-likeness (QED) is 0.862. The molecule has 0 bridgehead atoms. The average Bonchev–Trinajstić information content (AvgIpc) is 2.90. The topological polar surface area (TPSA) is 74.7 Å². The number of nitrogens with zero attached hydrogens (tertiary/aromatic N) is 1. The summed E-state index contributed by atoms with van der Waals surface area (Å²) in [5.74, 6) is -1.02. The van der Waals surface area contributed by atoms with Crippen LogP contribution in [0.4, 0.5) is 0 Å². The fraction of sp³-hybridized carbons (Fsp3) is 0.438. The minimum atomic E-state index is -0.873. The summed E-state index contributed by atoms with van der Waals surface area (Å²) in [7, 11) is 0. The molecule has 5 heteroatoms. The SMILES string of the molecule is CCC(=O)c1ccc(C(=O)N2CCC(C)(C(=O)O)C2)cc1. The standard InChI is InChI=1S/C16H19NO4/c1-3-13(18)11-4-6-12(7-5-11)14(19)17-9-8-16(2,10-17)15(20)21/h4-7H,3,8-10H2,1-2H3,(H,20,21). The predicted molar refractivity (Wildman–Crippen MR) is 77.3 cm³/mol. The van der Waals surface area contributed by atoms with Gasteiger partial charge in [0, 0.05) is 30.6 Å². The van der Waals surface area contributed by atoms with Gasteiger partial charge in [0.15, 0.2) is 5.78 Å². The Hall–Kier alpha value is -2.17. The first-order valence-electron chi connectivity index (χ1n) is 7.03. The summed E-state index contributed by atoms with van der Waals surface area (Å²) >= 11 is 0. The largest absolute Gasteiger partial charge is 0.481 e. The normalized spacial score (nSPS) is 21.3. The van der Waals surface area contributed by atoms with Crippen LogP contribution in [0.5, 0.6) is 0 Å². The molecule has 1 amide bonds. The van der Waals surface area contributed by atoms with Gasteiger partial charge in [-0.1, -0.05) is 19.1 Å². The lowest BCUT2D eigenvalue weighted by atomic mass is 9.90. The zero-order valence-corrected chi connectivity index (χ0v) is 12.3. The van der Waals surface area contributed by atoms with E-state index in [9.17, 15) is 19.5 Å². The monoisotopic (exact) mass is 289 g/mol. The molecule has 1 atom stereocenters. The number of aliphatic carboxylic acids is 1. The summed E-state index contributed by atoms with van der Waals surface area (Å²) in [5.41, 5.74) is 0.205. The van der Waals surface area contributed by atoms with Crippen LogP contribution in [-0.4, -0.2) is 40.8 Å². The van der Waals surface area contributed by atoms with E-state index in [0.717, 1.165) is 0 Å². The maximum absolute atomic E-state index is 12.4. The van der Waals surface area contributed by atoms with Crippen molar-refractivity contribution in [2.24, 2.45) is 5.41 Å². The third-order valence-corrected chi connectivity index (χ3v) is 4.05. The van der Waals surface area contributed by atoms with Crippen molar-refractivity contribution in [1.29, 1.82) is 0 Å². The first kappa shape index (κ1) is 15.2. The van der Waals surface area contributed by atoms with Gasteiger partial charge >= 0.3 is 5.97 Å². The van der Waals surface area contributed by atoms with Crippen LogP contribution in [-0.2, 0) is 4.79 Å². The van der Waals surface area contributed by atoms with Crippen LogP contribution in [0.15, 0.2) is 24.3 Å². The fourth-order valence-electron chi connectivity index (χ4n) is 2.49. The molecule has 1 aliphatic rings. The average molecular weight is 289 g/mol. The second-order valence-corrected chi connectivity index (χ2v) is 5.70. The van der Waals surface area contributed by atoms with Gasteiger partial charge < -0.3 is 10.0 Å². The Morgan fingerprint density at radius 2 is 1.76 bits per heavy atom. The molecule has 1 aliphatic heterocycles. The molecule has 1 unspecified atom stereocenters. The summed E-state index contributed by atoms with van der Waals surface area (Å²) in [6, 6.07) is 6.54. The molecular weight excluding hydrogens is 270 g/mol. The molecule has 1 aromatic carbocycles. The van der Waals surface area contributed by atoms with E-state index in [4.69, 9.17) is 0 Å². The van der Waals surface area contributed by atoms with Crippen molar-refractivity contribution < 1.29 is 19.5 Å². The molecule has 1 heterocycles. The summed E-state index contributed by atoms with van der Waals surface area (Å²) in [6.07, 6.45) is 0.886. The van der Waals surface area contributed by atoms with Crippen molar-refractivity contribution in [3.63, 3.8) is 0 Å². The van der Waals surface area contributed by atoms with E-state index in [1.54, 1.807) is 43.0 Å². The van der Waals surface area contributed by atoms with Crippen molar-refractivity contribution in [2.75, 3.05) is 13.1 Å². The molecule has 1 saturated heterocycles. The summed E-state index contributed by atoms with van der Waals surface area (Å²) in [5, 5.41) is 9.19. The molecule has 0 spiro atoms. The van der Waals surface area contributed by atoms with Crippen molar-refractivity contribution in [3.05, 3.63) is 35.4 Å². The lowest BCUT2D eigenvalue weighted by molar-refractivity contribution is -0.147. The van der Waals surface area contributed by atoms with Crippen LogP contribution < -0.4 is 0 Å². The van der Waals surface area contributed by atoms with Gasteiger partial charge in [-0.2, -0.15) is 0 Å². The summed E-state index contributed by atoms with van der Waals surface area (Å²) < 4.78 is 0. The Labute approximate surface area is 123 Å². The van der Waals surface area contributed by atoms with E-state index in [-0.39, 0.29) is 18.2 Å². The highest BCUT2D eigenvalue weighted by atomic mass is 16.4. The van der Waals surface area contributed by atoms with Gasteiger partial charge in [0.25, 0.3) is 5.91 Å². The number of ketones is 1. The van der Waals surface area contributed by atoms with Crippen molar-refractivity contribution >= 4 is 17.7 Å². The first-order valence-corrected chi connectivity index (χ1v) is 7.03. The smallest absolute Gasteiger partial charge is 0.311 e. The second-order valence-electron chi connectivity index (χ2n) is 5.70. The zero-order chi connectivity index (χ0) is 15.6. The molecular formula is C16H19NO4. The Bertz CT molecular complexity index is 578. The minimum absolute atomic E-state index is 0.0358. The van der Waals surface area contributed by atoms with Gasteiger partial charge in [0.05, 0.1) is 5.41 Å². The molecule has 0 radical (unpaired) electrons. The van der Waals surface area contributed by atoms with E-state index in [2.05, 4.69) is 0 Å². The van der Waals surface area contributed by atoms with E-state index < -0.39 is 11.4 Å². The van der Waals surface area contributed by atoms with Gasteiger partial charge in [-0.3, -0.25) is 14.4 Å². The number of likely N-dealkylation sites (tertiary alicyclic amines) is 1. The van der Waals surface area contributed by atoms with E-state index in [0.29, 0.717) is 30.5 Å². The number of carboxylic acid groups (broad SMARTS) is 1. The first-order chi connectivity index (χ1) is 9.87. The number of hydrogen-bond donors (Lipinski definition) is 1. The molecule has 1 aromatic rings. The van der Waals surface area contributed by atoms with Crippen LogP contribution >= 0.6 is 0 Å². The molecule has 2 rings (SSSR count). The Balaban J connectivity index is 2.11. The third-order valence-electron chi connectivity index (χ3n) is 4.05. The van der Waals surface area contributed by atoms with E-state index in [1.807, 2.05) is 0 Å². The van der Waals surface area contributed by atoms with Crippen molar-refractivity contribution in [1.82, 2.24) is 4.90 Å². The van der Waals surface area contributed by atoms with Gasteiger partial charge in [0.2, 0.25) is 0 Å². The number of amides is 1. The zero-order valence-electron chi connectivity index (χ0n) is 12.3. The lowest BCUT2D eigenvalue weighted by Gasteiger charge is -2.20. The highest BCUT2D eigenvalue weighted by Gasteiger charge is 2.42. The molecule has 1 fully saturated rings. The number of benzene rings is 1. The molecule has 5 nitrogen and oxygen atoms in total. The van der Waals surface area contributed by atoms with E-state index >= 15 is 0 Å². The van der Waals surface area contributed by atoms with Crippen LogP contribution in [0, 0.1) is 5.41 Å². The molecule has 0 saturated carbocycles. The highest BCUT2D eigenvalue weighted by Crippen LogP contribution is 2.31. The van der Waals surface area contributed by atoms with Gasteiger partial charge in [-0.25, -0.2) is 0 Å². The minimum Gasteiger partial charge on any atom is -0.481 e. The number of Topliss-reactive ketones (excluding diaryl/α,β-unsaturated/α-hetero) is 1. The van der Waals surface area contributed by atoms with Gasteiger partial charge in [-0.05, 0) is 25.5 Å². The third kappa shape index (κ3) is 2.96. The molecule has 112 valence electrons. The Morgan fingerprint density at radius 1 is 1.19 bits per heavy atom. The maximum atomic E-state index is 12.4. The van der Waals surface area contributed by atoms with Crippen LogP contribution in [0.3, 0.4) is 0 Å². The van der Waals surface area contributed by atoms with Gasteiger partial charge in [-0.15, -0.1) is 0 Å². The lowest BCUT2D eigenvalue weighted by Crippen LogP contribution is -2.34. The number of carbonyl (C=O) groups excluding carboxylic acids is 2. The number of rotatable bonds is 4. The van der Waals surface area contributed by atoms with Crippen LogP contribution in [0.2, 0.25) is 0 Å². The number of carbonyl (C=O) groups is 3. The van der Waals surface area contributed by atoms with Crippen LogP contribution in [0.25, 0.3) is 0 Å². The Kier molecular flexibility index (Phi) is 4.11. The van der Waals surface area contributed by atoms with Crippen molar-refractivity contribution in [3.8, 4) is 0 Å². The fourth-order valence-corrected chi connectivity index (χ4v) is 2.49. The molecule has 21 heavy (non-hydrogen) atoms. The second kappa shape index (κ2) is 5.68. The highest BCUT2D eigenvalue weighted by molar-refractivity contribution is 5.99. The summed E-state index contributed by atoms with van der Waals surface area (Å²) in [6.45, 7) is 4.11. The van der Waals surface area contributed by atoms with Crippen LogP contribution in [0.1, 0.15) is 47.4 Å². The number of hydrogen-bond acceptors (Lipinski definition) is 3. The maximum Gasteiger partial charge on any atom is 0.311 e. The molecule has 1 N–H and O–H groups in total. The van der Waals surface area contributed by atoms with E-state index in [1.165, 1.54) is 0 Å². The molecule has 0 aliphatic carbocycles. The summed E-state index contributed by atoms with van der Waals surface area (Å²) in [4.78, 5) is 36.7. The Morgan fingerprint density at radius 3 is 2.24 bits per heavy atom. The van der Waals surface area contributed by atoms with Crippen molar-refractivity contribution in [2.45, 2.75) is 26.7 Å². The molecule has 0 aromatic heterocycles. The number of carboxylic acids is 1. The van der Waals surface area contributed by atoms with Gasteiger partial charge in [0.1, 0.15) is 0 Å².